The van der Waals surface area contributed by atoms with Crippen molar-refractivity contribution >= 4 is 55.0 Å². The van der Waals surface area contributed by atoms with Gasteiger partial charge in [0.15, 0.2) is 8.32 Å². The second-order valence-electron chi connectivity index (χ2n) is 9.25. The van der Waals surface area contributed by atoms with Crippen LogP contribution in [0.4, 0.5) is 4.79 Å². The molecule has 1 amide bonds. The van der Waals surface area contributed by atoms with Crippen LogP contribution in [0.3, 0.4) is 0 Å². The lowest BCUT2D eigenvalue weighted by atomic mass is 9.84. The number of carbonyl (C=O) groups excluding carboxylic acids is 2. The molecule has 0 aliphatic carbocycles. The number of ether oxygens (including phenoxy) is 1. The minimum absolute atomic E-state index is 0.0142. The Morgan fingerprint density at radius 3 is 2.43 bits per heavy atom. The average Bonchev–Trinajstić information content (AvgIpc) is 3.13. The highest BCUT2D eigenvalue weighted by Gasteiger charge is 2.46. The molecular weight excluding hydrogens is 469 g/mol. The van der Waals surface area contributed by atoms with Gasteiger partial charge in [-0.15, -0.1) is 0 Å². The maximum Gasteiger partial charge on any atom is 0.410 e. The van der Waals surface area contributed by atoms with Gasteiger partial charge in [-0.2, -0.15) is 0 Å². The number of hydrogen-bond acceptors (Lipinski definition) is 5. The highest BCUT2D eigenvalue weighted by molar-refractivity contribution is 6.74. The van der Waals surface area contributed by atoms with E-state index in [1.165, 1.54) is 12.5 Å². The van der Waals surface area contributed by atoms with Crippen LogP contribution in [0.2, 0.25) is 18.1 Å². The Balaban J connectivity index is 2.34. The van der Waals surface area contributed by atoms with Crippen molar-refractivity contribution in [1.29, 1.82) is 0 Å². The summed E-state index contributed by atoms with van der Waals surface area (Å²) in [6, 6.07) is 0.682. The molecule has 1 saturated heterocycles. The number of piperidine rings is 1. The standard InChI is InChI=1S/C20H30Cl3NO5Si/c1-13-16(11-29-30(5,6)19(2,3)4)24(18(26)28-12-20(21,22)23)15(9-17(13)25)14-7-8-27-10-14/h7-8,10,13,15-16H,9,11-12H2,1-6H3/t13-,15-,16-/m0/s1. The zero-order chi connectivity index (χ0) is 22.9. The van der Waals surface area contributed by atoms with Gasteiger partial charge >= 0.3 is 6.09 Å². The van der Waals surface area contributed by atoms with E-state index in [-0.39, 0.29) is 23.8 Å². The predicted octanol–water partition coefficient (Wildman–Crippen LogP) is 6.13. The fraction of sp³-hybridized carbons (Fsp3) is 0.700. The Labute approximate surface area is 194 Å². The van der Waals surface area contributed by atoms with Crippen molar-refractivity contribution in [3.63, 3.8) is 0 Å². The fourth-order valence-electron chi connectivity index (χ4n) is 3.12. The van der Waals surface area contributed by atoms with Gasteiger partial charge in [0.05, 0.1) is 31.2 Å². The summed E-state index contributed by atoms with van der Waals surface area (Å²) in [5, 5.41) is -0.0142. The molecule has 0 spiro atoms. The molecule has 0 radical (unpaired) electrons. The summed E-state index contributed by atoms with van der Waals surface area (Å²) in [6.45, 7) is 12.3. The van der Waals surface area contributed by atoms with Crippen LogP contribution < -0.4 is 0 Å². The number of ketones is 1. The zero-order valence-electron chi connectivity index (χ0n) is 18.2. The first-order valence-corrected chi connectivity index (χ1v) is 13.9. The lowest BCUT2D eigenvalue weighted by Gasteiger charge is -2.45. The molecule has 1 aliphatic rings. The molecule has 0 N–H and O–H groups in total. The Hall–Kier alpha value is -0.733. The van der Waals surface area contributed by atoms with E-state index in [1.54, 1.807) is 11.0 Å². The number of rotatable bonds is 5. The van der Waals surface area contributed by atoms with Gasteiger partial charge < -0.3 is 13.6 Å². The average molecular weight is 499 g/mol. The van der Waals surface area contributed by atoms with Crippen LogP contribution in [0.25, 0.3) is 0 Å². The van der Waals surface area contributed by atoms with E-state index in [4.69, 9.17) is 48.4 Å². The molecule has 0 saturated carbocycles. The highest BCUT2D eigenvalue weighted by Crippen LogP contribution is 2.40. The van der Waals surface area contributed by atoms with Gasteiger partial charge in [0.2, 0.25) is 3.79 Å². The molecule has 1 aliphatic heterocycles. The Morgan fingerprint density at radius 1 is 1.30 bits per heavy atom. The van der Waals surface area contributed by atoms with Crippen LogP contribution >= 0.6 is 34.8 Å². The van der Waals surface area contributed by atoms with Crippen molar-refractivity contribution < 1.29 is 23.2 Å². The number of furan rings is 1. The monoisotopic (exact) mass is 497 g/mol. The second-order valence-corrected chi connectivity index (χ2v) is 16.6. The molecule has 1 fully saturated rings. The molecule has 3 atom stereocenters. The SMILES string of the molecule is C[C@@H]1C(=O)C[C@@H](c2ccoc2)N(C(=O)OCC(Cl)(Cl)Cl)[C@H]1CO[Si](C)(C)C(C)(C)C. The third-order valence-electron chi connectivity index (χ3n) is 6.09. The summed E-state index contributed by atoms with van der Waals surface area (Å²) in [4.78, 5) is 27.4. The molecule has 10 heteroatoms. The van der Waals surface area contributed by atoms with Crippen LogP contribution in [0.1, 0.15) is 45.7 Å². The molecule has 2 rings (SSSR count). The molecule has 0 unspecified atom stereocenters. The van der Waals surface area contributed by atoms with E-state index >= 15 is 0 Å². The van der Waals surface area contributed by atoms with Crippen LogP contribution in [0, 0.1) is 5.92 Å². The minimum atomic E-state index is -2.11. The first-order chi connectivity index (χ1) is 13.6. The number of halogens is 3. The second kappa shape index (κ2) is 9.41. The van der Waals surface area contributed by atoms with Crippen LogP contribution in [-0.4, -0.2) is 48.1 Å². The summed E-state index contributed by atoms with van der Waals surface area (Å²) in [5.41, 5.74) is 0.707. The van der Waals surface area contributed by atoms with Crippen molar-refractivity contribution in [2.75, 3.05) is 13.2 Å². The van der Waals surface area contributed by atoms with Gasteiger partial charge in [-0.25, -0.2) is 4.79 Å². The Bertz CT molecular complexity index is 743. The van der Waals surface area contributed by atoms with Gasteiger partial charge in [-0.1, -0.05) is 62.5 Å². The van der Waals surface area contributed by atoms with E-state index in [2.05, 4.69) is 33.9 Å². The molecule has 0 bridgehead atoms. The lowest BCUT2D eigenvalue weighted by molar-refractivity contribution is -0.131. The number of hydrogen-bond donors (Lipinski definition) is 0. The van der Waals surface area contributed by atoms with Gasteiger partial charge in [0, 0.05) is 17.9 Å². The normalized spacial score (nSPS) is 23.6. The third kappa shape index (κ3) is 6.16. The van der Waals surface area contributed by atoms with Crippen LogP contribution in [0.5, 0.6) is 0 Å². The van der Waals surface area contributed by atoms with Gasteiger partial charge in [0.25, 0.3) is 0 Å². The van der Waals surface area contributed by atoms with E-state index in [0.717, 1.165) is 0 Å². The van der Waals surface area contributed by atoms with E-state index in [0.29, 0.717) is 5.56 Å². The topological polar surface area (TPSA) is 69.0 Å². The van der Waals surface area contributed by atoms with Crippen molar-refractivity contribution in [2.45, 2.75) is 68.1 Å². The smallest absolute Gasteiger partial charge is 0.410 e. The van der Waals surface area contributed by atoms with E-state index in [9.17, 15) is 9.59 Å². The lowest BCUT2D eigenvalue weighted by Crippen LogP contribution is -2.56. The van der Waals surface area contributed by atoms with Gasteiger partial charge in [-0.05, 0) is 24.2 Å². The fourth-order valence-corrected chi connectivity index (χ4v) is 4.30. The summed E-state index contributed by atoms with van der Waals surface area (Å²) < 4.78 is 15.1. The quantitative estimate of drug-likeness (QED) is 0.361. The number of carbonyl (C=O) groups is 2. The molecule has 1 aromatic rings. The summed E-state index contributed by atoms with van der Waals surface area (Å²) >= 11 is 17.3. The molecule has 30 heavy (non-hydrogen) atoms. The third-order valence-corrected chi connectivity index (χ3v) is 10.9. The number of likely N-dealkylation sites (tertiary alicyclic amines) is 1. The van der Waals surface area contributed by atoms with Crippen molar-refractivity contribution in [1.82, 2.24) is 4.90 Å². The largest absolute Gasteiger partial charge is 0.472 e. The predicted molar refractivity (Wildman–Crippen MR) is 121 cm³/mol. The van der Waals surface area contributed by atoms with Crippen molar-refractivity contribution in [2.24, 2.45) is 5.92 Å². The highest BCUT2D eigenvalue weighted by atomic mass is 35.6. The number of Topliss-reactive ketones (excluding diaryl/α,β-unsaturated/α-hetero) is 1. The first-order valence-electron chi connectivity index (χ1n) is 9.84. The maximum atomic E-state index is 13.1. The number of alkyl halides is 3. The van der Waals surface area contributed by atoms with Crippen LogP contribution in [-0.2, 0) is 14.0 Å². The van der Waals surface area contributed by atoms with Crippen LogP contribution in [0.15, 0.2) is 23.0 Å². The Kier molecular flexibility index (Phi) is 8.00. The van der Waals surface area contributed by atoms with Crippen molar-refractivity contribution in [3.05, 3.63) is 24.2 Å². The molecule has 1 aromatic heterocycles. The summed E-state index contributed by atoms with van der Waals surface area (Å²) in [5.74, 6) is -0.367. The molecule has 6 nitrogen and oxygen atoms in total. The van der Waals surface area contributed by atoms with Crippen molar-refractivity contribution in [3.8, 4) is 0 Å². The van der Waals surface area contributed by atoms with E-state index < -0.39 is 42.8 Å². The first kappa shape index (κ1) is 25.5. The zero-order valence-corrected chi connectivity index (χ0v) is 21.5. The molecular formula is C20H30Cl3NO5Si. The number of amides is 1. The minimum Gasteiger partial charge on any atom is -0.472 e. The Morgan fingerprint density at radius 2 is 1.93 bits per heavy atom. The molecule has 2 heterocycles. The maximum absolute atomic E-state index is 13.1. The number of nitrogens with zero attached hydrogens (tertiary/aromatic N) is 1. The summed E-state index contributed by atoms with van der Waals surface area (Å²) in [6.07, 6.45) is 2.52. The van der Waals surface area contributed by atoms with E-state index in [1.807, 2.05) is 6.92 Å². The summed E-state index contributed by atoms with van der Waals surface area (Å²) in [7, 11) is -2.11. The van der Waals surface area contributed by atoms with Gasteiger partial charge in [-0.3, -0.25) is 9.69 Å². The molecule has 0 aromatic carbocycles. The molecule has 170 valence electrons. The van der Waals surface area contributed by atoms with Gasteiger partial charge in [0.1, 0.15) is 12.4 Å².